The van der Waals surface area contributed by atoms with Gasteiger partial charge in [-0.2, -0.15) is 4.98 Å². The molecule has 0 unspecified atom stereocenters. The van der Waals surface area contributed by atoms with Crippen LogP contribution >= 0.6 is 11.6 Å². The maximum Gasteiger partial charge on any atom is 0.252 e. The van der Waals surface area contributed by atoms with Crippen LogP contribution < -0.4 is 10.6 Å². The SMILES string of the molecule is COCC(=O)Nc1nc2n(n1)[C@H](c1ccc(Cl)cc1)C[C@H](c1ccccc1)N2. The quantitative estimate of drug-likeness (QED) is 0.686. The Labute approximate surface area is 167 Å². The summed E-state index contributed by atoms with van der Waals surface area (Å²) >= 11 is 6.06. The molecule has 0 aliphatic carbocycles. The predicted molar refractivity (Wildman–Crippen MR) is 108 cm³/mol. The summed E-state index contributed by atoms with van der Waals surface area (Å²) in [7, 11) is 1.47. The van der Waals surface area contributed by atoms with E-state index >= 15 is 0 Å². The molecule has 4 rings (SSSR count). The van der Waals surface area contributed by atoms with Crippen molar-refractivity contribution in [1.82, 2.24) is 14.8 Å². The lowest BCUT2D eigenvalue weighted by Crippen LogP contribution is -2.28. The van der Waals surface area contributed by atoms with Crippen LogP contribution in [0.5, 0.6) is 0 Å². The first-order valence-corrected chi connectivity index (χ1v) is 9.34. The van der Waals surface area contributed by atoms with Crippen LogP contribution in [0.1, 0.15) is 29.6 Å². The van der Waals surface area contributed by atoms with Gasteiger partial charge in [-0.05, 0) is 29.7 Å². The second-order valence-electron chi connectivity index (χ2n) is 6.60. The van der Waals surface area contributed by atoms with Gasteiger partial charge in [0.2, 0.25) is 5.95 Å². The molecule has 28 heavy (non-hydrogen) atoms. The number of aromatic nitrogens is 3. The third-order valence-corrected chi connectivity index (χ3v) is 4.92. The molecule has 2 atom stereocenters. The van der Waals surface area contributed by atoms with E-state index in [9.17, 15) is 4.79 Å². The van der Waals surface area contributed by atoms with E-state index in [1.165, 1.54) is 12.7 Å². The van der Waals surface area contributed by atoms with Gasteiger partial charge in [0.1, 0.15) is 6.61 Å². The molecule has 3 aromatic rings. The Morgan fingerprint density at radius 1 is 1.21 bits per heavy atom. The number of anilines is 2. The summed E-state index contributed by atoms with van der Waals surface area (Å²) in [5.41, 5.74) is 2.24. The zero-order chi connectivity index (χ0) is 19.5. The zero-order valence-corrected chi connectivity index (χ0v) is 16.1. The minimum Gasteiger partial charge on any atom is -0.375 e. The fourth-order valence-electron chi connectivity index (χ4n) is 3.39. The van der Waals surface area contributed by atoms with Gasteiger partial charge in [0.15, 0.2) is 0 Å². The summed E-state index contributed by atoms with van der Waals surface area (Å²) < 4.78 is 6.66. The molecular weight excluding hydrogens is 378 g/mol. The van der Waals surface area contributed by atoms with Crippen LogP contribution in [0.4, 0.5) is 11.9 Å². The molecule has 144 valence electrons. The normalized spacial score (nSPS) is 18.2. The van der Waals surface area contributed by atoms with Gasteiger partial charge in [0.05, 0.1) is 12.1 Å². The largest absolute Gasteiger partial charge is 0.375 e. The van der Waals surface area contributed by atoms with Gasteiger partial charge >= 0.3 is 0 Å². The highest BCUT2D eigenvalue weighted by Gasteiger charge is 2.31. The number of amides is 1. The van der Waals surface area contributed by atoms with Crippen molar-refractivity contribution in [3.05, 3.63) is 70.7 Å². The zero-order valence-electron chi connectivity index (χ0n) is 15.3. The molecule has 0 bridgehead atoms. The monoisotopic (exact) mass is 397 g/mol. The number of nitrogens with one attached hydrogen (secondary N) is 2. The lowest BCUT2D eigenvalue weighted by molar-refractivity contribution is -0.119. The van der Waals surface area contributed by atoms with Gasteiger partial charge in [-0.3, -0.25) is 10.1 Å². The lowest BCUT2D eigenvalue weighted by Gasteiger charge is -2.31. The van der Waals surface area contributed by atoms with E-state index in [0.717, 1.165) is 12.0 Å². The molecule has 1 aliphatic rings. The first-order chi connectivity index (χ1) is 13.6. The summed E-state index contributed by atoms with van der Waals surface area (Å²) in [5, 5.41) is 11.3. The van der Waals surface area contributed by atoms with Crippen molar-refractivity contribution < 1.29 is 9.53 Å². The van der Waals surface area contributed by atoms with E-state index < -0.39 is 0 Å². The summed E-state index contributed by atoms with van der Waals surface area (Å²) in [4.78, 5) is 16.3. The number of halogens is 1. The van der Waals surface area contributed by atoms with Crippen molar-refractivity contribution >= 4 is 29.4 Å². The first-order valence-electron chi connectivity index (χ1n) is 8.96. The third kappa shape index (κ3) is 3.85. The van der Waals surface area contributed by atoms with Gasteiger partial charge in [-0.1, -0.05) is 54.1 Å². The van der Waals surface area contributed by atoms with Crippen molar-refractivity contribution in [1.29, 1.82) is 0 Å². The van der Waals surface area contributed by atoms with Crippen LogP contribution in [-0.4, -0.2) is 34.4 Å². The van der Waals surface area contributed by atoms with E-state index in [1.807, 2.05) is 47.1 Å². The van der Waals surface area contributed by atoms with Crippen molar-refractivity contribution in [3.63, 3.8) is 0 Å². The molecule has 7 nitrogen and oxygen atoms in total. The molecule has 1 aliphatic heterocycles. The van der Waals surface area contributed by atoms with Crippen molar-refractivity contribution in [2.75, 3.05) is 24.4 Å². The Kier molecular flexibility index (Phi) is 5.27. The van der Waals surface area contributed by atoms with Crippen LogP contribution in [-0.2, 0) is 9.53 Å². The highest BCUT2D eigenvalue weighted by atomic mass is 35.5. The molecule has 8 heteroatoms. The lowest BCUT2D eigenvalue weighted by atomic mass is 9.93. The van der Waals surface area contributed by atoms with E-state index in [-0.39, 0.29) is 30.5 Å². The summed E-state index contributed by atoms with van der Waals surface area (Å²) in [5.74, 6) is 0.554. The number of carbonyl (C=O) groups is 1. The second kappa shape index (κ2) is 8.00. The number of nitrogens with zero attached hydrogens (tertiary/aromatic N) is 3. The van der Waals surface area contributed by atoms with Crippen LogP contribution in [0.25, 0.3) is 0 Å². The number of hydrogen-bond donors (Lipinski definition) is 2. The van der Waals surface area contributed by atoms with Crippen LogP contribution in [0, 0.1) is 0 Å². The van der Waals surface area contributed by atoms with Gasteiger partial charge in [-0.15, -0.1) is 5.10 Å². The van der Waals surface area contributed by atoms with Gasteiger partial charge in [0.25, 0.3) is 11.9 Å². The number of fused-ring (bicyclic) bond motifs is 1. The predicted octanol–water partition coefficient (Wildman–Crippen LogP) is 3.66. The smallest absolute Gasteiger partial charge is 0.252 e. The topological polar surface area (TPSA) is 81.1 Å². The third-order valence-electron chi connectivity index (χ3n) is 4.67. The van der Waals surface area contributed by atoms with E-state index in [0.29, 0.717) is 11.0 Å². The average Bonchev–Trinajstić information content (AvgIpc) is 3.11. The fourth-order valence-corrected chi connectivity index (χ4v) is 3.51. The molecule has 2 N–H and O–H groups in total. The van der Waals surface area contributed by atoms with Crippen molar-refractivity contribution in [3.8, 4) is 0 Å². The maximum absolute atomic E-state index is 11.8. The van der Waals surface area contributed by atoms with E-state index in [4.69, 9.17) is 16.3 Å². The molecule has 1 amide bonds. The molecule has 0 saturated heterocycles. The number of hydrogen-bond acceptors (Lipinski definition) is 5. The minimum absolute atomic E-state index is 0.0423. The van der Waals surface area contributed by atoms with Crippen LogP contribution in [0.2, 0.25) is 5.02 Å². The maximum atomic E-state index is 11.8. The highest BCUT2D eigenvalue weighted by molar-refractivity contribution is 6.30. The Morgan fingerprint density at radius 3 is 2.68 bits per heavy atom. The molecule has 0 saturated carbocycles. The van der Waals surface area contributed by atoms with Gasteiger partial charge in [-0.25, -0.2) is 4.68 Å². The highest BCUT2D eigenvalue weighted by Crippen LogP contribution is 2.38. The Morgan fingerprint density at radius 2 is 1.96 bits per heavy atom. The molecule has 1 aromatic heterocycles. The van der Waals surface area contributed by atoms with E-state index in [1.54, 1.807) is 0 Å². The van der Waals surface area contributed by atoms with Crippen molar-refractivity contribution in [2.24, 2.45) is 0 Å². The van der Waals surface area contributed by atoms with Crippen molar-refractivity contribution in [2.45, 2.75) is 18.5 Å². The number of carbonyl (C=O) groups excluding carboxylic acids is 1. The fraction of sp³-hybridized carbons (Fsp3) is 0.250. The molecule has 0 spiro atoms. The first kappa shape index (κ1) is 18.5. The minimum atomic E-state index is -0.298. The standard InChI is InChI=1S/C20H20ClN5O2/c1-28-12-18(27)23-19-24-20-22-16(13-5-3-2-4-6-13)11-17(26(20)25-19)14-7-9-15(21)10-8-14/h2-10,16-17H,11-12H2,1H3,(H2,22,23,24,25,27)/t16-,17+/m1/s1. The molecule has 2 heterocycles. The summed E-state index contributed by atoms with van der Waals surface area (Å²) in [6.45, 7) is -0.0510. The molecular formula is C20H20ClN5O2. The molecule has 2 aromatic carbocycles. The Balaban J connectivity index is 1.69. The number of benzene rings is 2. The van der Waals surface area contributed by atoms with E-state index in [2.05, 4.69) is 32.8 Å². The average molecular weight is 398 g/mol. The van der Waals surface area contributed by atoms with Crippen LogP contribution in [0.3, 0.4) is 0 Å². The Bertz CT molecular complexity index is 958. The van der Waals surface area contributed by atoms with Crippen LogP contribution in [0.15, 0.2) is 54.6 Å². The molecule has 0 radical (unpaired) electrons. The summed E-state index contributed by atoms with van der Waals surface area (Å²) in [6, 6.07) is 18.0. The number of ether oxygens (including phenoxy) is 1. The number of rotatable bonds is 5. The number of methoxy groups -OCH3 is 1. The van der Waals surface area contributed by atoms with Gasteiger partial charge < -0.3 is 10.1 Å². The van der Waals surface area contributed by atoms with Gasteiger partial charge in [0, 0.05) is 12.1 Å². The molecule has 0 fully saturated rings. The second-order valence-corrected chi connectivity index (χ2v) is 7.03. The summed E-state index contributed by atoms with van der Waals surface area (Å²) in [6.07, 6.45) is 0.785. The Hall–Kier alpha value is -2.90.